The molecule has 2 aromatic heterocycles. The largest absolute Gasteiger partial charge is 0.490 e. The molecule has 192 valence electrons. The first-order valence-electron chi connectivity index (χ1n) is 10.3. The fraction of sp³-hybridized carbons (Fsp3) is 0.476. The van der Waals surface area contributed by atoms with Gasteiger partial charge in [0.1, 0.15) is 6.33 Å². The fourth-order valence-corrected chi connectivity index (χ4v) is 3.21. The molecule has 1 aliphatic carbocycles. The van der Waals surface area contributed by atoms with Gasteiger partial charge >= 0.3 is 24.3 Å². The summed E-state index contributed by atoms with van der Waals surface area (Å²) in [5.74, 6) is -4.80. The third kappa shape index (κ3) is 9.47. The van der Waals surface area contributed by atoms with Crippen LogP contribution in [0.2, 0.25) is 0 Å². The number of aromatic nitrogens is 3. The molecule has 0 spiro atoms. The maximum atomic E-state index is 10.6. The lowest BCUT2D eigenvalue weighted by atomic mass is 10.0. The average molecular weight is 508 g/mol. The lowest BCUT2D eigenvalue weighted by Crippen LogP contribution is -2.26. The van der Waals surface area contributed by atoms with Gasteiger partial charge in [0.25, 0.3) is 0 Å². The number of rotatable bonds is 3. The number of pyridine rings is 1. The summed E-state index contributed by atoms with van der Waals surface area (Å²) in [6.45, 7) is 3.14. The van der Waals surface area contributed by atoms with E-state index in [1.54, 1.807) is 6.33 Å². The van der Waals surface area contributed by atoms with Crippen LogP contribution in [0.15, 0.2) is 30.9 Å². The highest BCUT2D eigenvalue weighted by Gasteiger charge is 2.39. The molecule has 1 saturated carbocycles. The molecule has 8 nitrogen and oxygen atoms in total. The van der Waals surface area contributed by atoms with Crippen LogP contribution in [0, 0.1) is 0 Å². The van der Waals surface area contributed by atoms with Crippen molar-refractivity contribution in [1.82, 2.24) is 19.9 Å². The molecule has 1 aliphatic heterocycles. The Morgan fingerprint density at radius 1 is 0.971 bits per heavy atom. The van der Waals surface area contributed by atoms with Crippen LogP contribution in [0.3, 0.4) is 0 Å². The van der Waals surface area contributed by atoms with Gasteiger partial charge in [-0.15, -0.1) is 0 Å². The van der Waals surface area contributed by atoms with Crippen LogP contribution in [0.1, 0.15) is 41.3 Å². The lowest BCUT2D eigenvalue weighted by molar-refractivity contribution is -0.193. The van der Waals surface area contributed by atoms with Crippen molar-refractivity contribution in [3.63, 3.8) is 0 Å². The summed E-state index contributed by atoms with van der Waals surface area (Å²) in [7, 11) is 0. The Balaban J connectivity index is 0.000000257. The number of nitrogens with zero attached hydrogens (tertiary/aromatic N) is 4. The minimum absolute atomic E-state index is 0.714. The second-order valence-corrected chi connectivity index (χ2v) is 7.70. The smallest absolute Gasteiger partial charge is 0.475 e. The van der Waals surface area contributed by atoms with Crippen LogP contribution < -0.4 is 0 Å². The highest BCUT2D eigenvalue weighted by Crippen LogP contribution is 2.41. The van der Waals surface area contributed by atoms with Gasteiger partial charge in [-0.05, 0) is 36.5 Å². The van der Waals surface area contributed by atoms with E-state index in [2.05, 4.69) is 25.9 Å². The highest BCUT2D eigenvalue weighted by molar-refractivity contribution is 5.73. The monoisotopic (exact) mass is 508 g/mol. The molecular weight excluding hydrogens is 486 g/mol. The highest BCUT2D eigenvalue weighted by atomic mass is 19.4. The molecule has 2 aliphatic rings. The molecule has 2 aromatic rings. The van der Waals surface area contributed by atoms with Crippen LogP contribution in [0.5, 0.6) is 0 Å². The van der Waals surface area contributed by atoms with Gasteiger partial charge in [0.05, 0.1) is 5.69 Å². The van der Waals surface area contributed by atoms with Gasteiger partial charge in [0.2, 0.25) is 0 Å². The van der Waals surface area contributed by atoms with Crippen molar-refractivity contribution in [1.29, 1.82) is 0 Å². The molecule has 0 amide bonds. The van der Waals surface area contributed by atoms with Crippen molar-refractivity contribution < 1.29 is 46.1 Å². The van der Waals surface area contributed by atoms with E-state index in [-0.39, 0.29) is 0 Å². The lowest BCUT2D eigenvalue weighted by Gasteiger charge is -2.19. The van der Waals surface area contributed by atoms with Gasteiger partial charge in [-0.1, -0.05) is 6.07 Å². The minimum Gasteiger partial charge on any atom is -0.475 e. The molecule has 1 fully saturated rings. The number of hydrogen-bond donors (Lipinski definition) is 2. The summed E-state index contributed by atoms with van der Waals surface area (Å²) < 4.78 is 63.5. The van der Waals surface area contributed by atoms with Crippen molar-refractivity contribution >= 4 is 11.9 Å². The van der Waals surface area contributed by atoms with Crippen molar-refractivity contribution in [2.45, 2.75) is 50.5 Å². The van der Waals surface area contributed by atoms with E-state index in [0.717, 1.165) is 32.5 Å². The molecule has 0 saturated heterocycles. The predicted octanol–water partition coefficient (Wildman–Crippen LogP) is 3.62. The zero-order valence-corrected chi connectivity index (χ0v) is 18.2. The summed E-state index contributed by atoms with van der Waals surface area (Å²) in [6.07, 6.45) is 0.141. The second kappa shape index (κ2) is 11.9. The number of carboxylic acid groups (broad SMARTS) is 2. The maximum absolute atomic E-state index is 10.6. The molecule has 4 rings (SSSR count). The van der Waals surface area contributed by atoms with Crippen LogP contribution in [-0.4, -0.2) is 67.4 Å². The molecule has 35 heavy (non-hydrogen) atoms. The maximum Gasteiger partial charge on any atom is 0.490 e. The van der Waals surface area contributed by atoms with E-state index in [4.69, 9.17) is 19.8 Å². The number of carbonyl (C=O) groups is 2. The Kier molecular flexibility index (Phi) is 9.51. The molecule has 0 aromatic carbocycles. The number of carboxylic acids is 2. The van der Waals surface area contributed by atoms with Crippen LogP contribution in [0.25, 0.3) is 0 Å². The van der Waals surface area contributed by atoms with Crippen molar-refractivity contribution in [2.75, 3.05) is 13.1 Å². The summed E-state index contributed by atoms with van der Waals surface area (Å²) >= 11 is 0. The van der Waals surface area contributed by atoms with Gasteiger partial charge in [-0.3, -0.25) is 9.88 Å². The Labute approximate surface area is 195 Å². The molecule has 0 radical (unpaired) electrons. The average Bonchev–Trinajstić information content (AvgIpc) is 3.62. The normalized spacial score (nSPS) is 15.9. The third-order valence-corrected chi connectivity index (χ3v) is 4.99. The number of hydrogen-bond acceptors (Lipinski definition) is 6. The number of halogens is 6. The van der Waals surface area contributed by atoms with Crippen molar-refractivity contribution in [3.8, 4) is 0 Å². The van der Waals surface area contributed by atoms with Crippen LogP contribution >= 0.6 is 0 Å². The SMILES string of the molecule is O=C(O)C(F)(F)F.O=C(O)C(F)(F)F.c1cncc(CN2CCc3ncnc(C4CC4)c3CC2)c1. The quantitative estimate of drug-likeness (QED) is 0.604. The third-order valence-electron chi connectivity index (χ3n) is 4.99. The Bertz CT molecular complexity index is 974. The second-order valence-electron chi connectivity index (χ2n) is 7.70. The van der Waals surface area contributed by atoms with E-state index >= 15 is 0 Å². The number of alkyl halides is 6. The fourth-order valence-electron chi connectivity index (χ4n) is 3.21. The van der Waals surface area contributed by atoms with Gasteiger partial charge < -0.3 is 10.2 Å². The van der Waals surface area contributed by atoms with E-state index < -0.39 is 24.3 Å². The van der Waals surface area contributed by atoms with E-state index in [1.807, 2.05) is 18.5 Å². The van der Waals surface area contributed by atoms with E-state index in [0.29, 0.717) is 5.92 Å². The molecule has 0 atom stereocenters. The molecule has 14 heteroatoms. The Morgan fingerprint density at radius 3 is 2.03 bits per heavy atom. The molecule has 2 N–H and O–H groups in total. The first-order chi connectivity index (χ1) is 16.3. The Hall–Kier alpha value is -3.29. The van der Waals surface area contributed by atoms with Crippen molar-refractivity contribution in [3.05, 3.63) is 53.4 Å². The predicted molar refractivity (Wildman–Crippen MR) is 108 cm³/mol. The van der Waals surface area contributed by atoms with Gasteiger partial charge in [-0.25, -0.2) is 19.6 Å². The summed E-state index contributed by atoms with van der Waals surface area (Å²) in [5.41, 5.74) is 5.34. The number of fused-ring (bicyclic) bond motifs is 1. The summed E-state index contributed by atoms with van der Waals surface area (Å²) in [5, 5.41) is 14.2. The van der Waals surface area contributed by atoms with Gasteiger partial charge in [-0.2, -0.15) is 26.3 Å². The van der Waals surface area contributed by atoms with Gasteiger partial charge in [0, 0.05) is 50.1 Å². The zero-order valence-electron chi connectivity index (χ0n) is 18.2. The van der Waals surface area contributed by atoms with Crippen LogP contribution in [0.4, 0.5) is 26.3 Å². The zero-order chi connectivity index (χ0) is 26.2. The summed E-state index contributed by atoms with van der Waals surface area (Å²) in [6, 6.07) is 4.17. The molecule has 0 unspecified atom stereocenters. The molecule has 3 heterocycles. The van der Waals surface area contributed by atoms with Gasteiger partial charge in [0.15, 0.2) is 0 Å². The summed E-state index contributed by atoms with van der Waals surface area (Å²) in [4.78, 5) is 33.6. The number of aliphatic carboxylic acids is 2. The van der Waals surface area contributed by atoms with Crippen LogP contribution in [-0.2, 0) is 29.0 Å². The molecule has 0 bridgehead atoms. The minimum atomic E-state index is -5.08. The topological polar surface area (TPSA) is 117 Å². The first kappa shape index (κ1) is 28.0. The first-order valence-corrected chi connectivity index (χ1v) is 10.3. The standard InChI is InChI=1S/C17H20N4.2C2HF3O2/c1-2-13(10-18-7-1)11-21-8-5-15-16(6-9-21)19-12-20-17(15)14-3-4-14;2*3-2(4,5)1(6)7/h1-2,7,10,12,14H,3-6,8-9,11H2;2*(H,6,7). The van der Waals surface area contributed by atoms with E-state index in [1.165, 1.54) is 35.4 Å². The van der Waals surface area contributed by atoms with Crippen molar-refractivity contribution in [2.24, 2.45) is 0 Å². The molecular formula is C21H22F6N4O4. The van der Waals surface area contributed by atoms with E-state index in [9.17, 15) is 26.3 Å². The Morgan fingerprint density at radius 2 is 1.54 bits per heavy atom.